The van der Waals surface area contributed by atoms with E-state index in [1.54, 1.807) is 32.2 Å². The van der Waals surface area contributed by atoms with E-state index in [0.29, 0.717) is 35.6 Å². The molecule has 0 aliphatic rings. The Morgan fingerprint density at radius 2 is 2.04 bits per heavy atom. The van der Waals surface area contributed by atoms with E-state index in [1.165, 1.54) is 0 Å². The summed E-state index contributed by atoms with van der Waals surface area (Å²) in [5, 5.41) is 17.6. The number of guanidine groups is 1. The van der Waals surface area contributed by atoms with Crippen LogP contribution in [0.15, 0.2) is 39.7 Å². The minimum absolute atomic E-state index is 0. The number of aliphatic hydroxyl groups is 1. The highest BCUT2D eigenvalue weighted by atomic mass is 127. The summed E-state index contributed by atoms with van der Waals surface area (Å²) in [6.07, 6.45) is 0. The molecular formula is C19H27ClIN3O3. The van der Waals surface area contributed by atoms with Gasteiger partial charge in [-0.3, -0.25) is 0 Å². The molecule has 0 radical (unpaired) electrons. The van der Waals surface area contributed by atoms with Gasteiger partial charge in [-0.05, 0) is 45.0 Å². The molecule has 1 unspecified atom stereocenters. The van der Waals surface area contributed by atoms with Crippen LogP contribution in [0.4, 0.5) is 0 Å². The van der Waals surface area contributed by atoms with E-state index in [-0.39, 0.29) is 30.5 Å². The number of nitrogens with one attached hydrogen (secondary N) is 2. The molecular weight excluding hydrogens is 481 g/mol. The molecule has 0 fully saturated rings. The molecule has 150 valence electrons. The number of halogens is 2. The van der Waals surface area contributed by atoms with Crippen molar-refractivity contribution in [3.05, 3.63) is 52.4 Å². The number of nitrogens with zero attached hydrogens (tertiary/aromatic N) is 1. The van der Waals surface area contributed by atoms with Crippen molar-refractivity contribution in [3.63, 3.8) is 0 Å². The molecule has 0 saturated carbocycles. The topological polar surface area (TPSA) is 79.0 Å². The van der Waals surface area contributed by atoms with Crippen LogP contribution in [0.2, 0.25) is 5.02 Å². The number of furan rings is 1. The first-order chi connectivity index (χ1) is 12.4. The Morgan fingerprint density at radius 3 is 2.63 bits per heavy atom. The van der Waals surface area contributed by atoms with Crippen molar-refractivity contribution >= 4 is 41.5 Å². The first-order valence-electron chi connectivity index (χ1n) is 8.49. The first kappa shape index (κ1) is 23.6. The number of hydrogen-bond donors (Lipinski definition) is 3. The molecule has 1 heterocycles. The Hall–Kier alpha value is -1.45. The average Bonchev–Trinajstić information content (AvgIpc) is 3.05. The molecule has 1 aromatic heterocycles. The van der Waals surface area contributed by atoms with Crippen LogP contribution in [0.1, 0.15) is 30.9 Å². The zero-order valence-electron chi connectivity index (χ0n) is 16.0. The summed E-state index contributed by atoms with van der Waals surface area (Å²) in [4.78, 5) is 4.55. The minimum atomic E-state index is -1.15. The third kappa shape index (κ3) is 6.90. The van der Waals surface area contributed by atoms with Crippen molar-refractivity contribution < 1.29 is 14.3 Å². The molecule has 3 N–H and O–H groups in total. The lowest BCUT2D eigenvalue weighted by atomic mass is 10.0. The molecule has 1 atom stereocenters. The zero-order valence-corrected chi connectivity index (χ0v) is 19.1. The van der Waals surface area contributed by atoms with Crippen LogP contribution in [-0.4, -0.2) is 31.3 Å². The monoisotopic (exact) mass is 507 g/mol. The maximum atomic E-state index is 10.6. The Kier molecular flexibility index (Phi) is 9.41. The van der Waals surface area contributed by atoms with E-state index >= 15 is 0 Å². The van der Waals surface area contributed by atoms with Gasteiger partial charge in [-0.15, -0.1) is 24.0 Å². The Labute approximate surface area is 182 Å². The molecule has 0 aliphatic carbocycles. The molecule has 2 rings (SSSR count). The van der Waals surface area contributed by atoms with Gasteiger partial charge in [-0.25, -0.2) is 4.99 Å². The van der Waals surface area contributed by atoms with Gasteiger partial charge in [0, 0.05) is 17.1 Å². The van der Waals surface area contributed by atoms with E-state index < -0.39 is 5.60 Å². The minimum Gasteiger partial charge on any atom is -0.496 e. The van der Waals surface area contributed by atoms with E-state index in [2.05, 4.69) is 15.6 Å². The number of rotatable bonds is 7. The molecule has 1 aromatic carbocycles. The highest BCUT2D eigenvalue weighted by Crippen LogP contribution is 2.24. The standard InChI is InChI=1S/C19H26ClN3O3.HI/c1-5-21-18(22-11-14-7-8-15(20)10-16(14)25-4)23-12-19(3,24)17-9-6-13(2)26-17;/h6-10,24H,5,11-12H2,1-4H3,(H2,21,22,23);1H. The fraction of sp³-hybridized carbons (Fsp3) is 0.421. The van der Waals surface area contributed by atoms with Crippen LogP contribution < -0.4 is 15.4 Å². The number of methoxy groups -OCH3 is 1. The maximum Gasteiger partial charge on any atom is 0.191 e. The fourth-order valence-corrected chi connectivity index (χ4v) is 2.58. The number of benzene rings is 1. The molecule has 0 saturated heterocycles. The number of ether oxygens (including phenoxy) is 1. The van der Waals surface area contributed by atoms with Gasteiger partial charge in [0.05, 0.1) is 20.2 Å². The average molecular weight is 508 g/mol. The van der Waals surface area contributed by atoms with Gasteiger partial charge < -0.3 is 24.9 Å². The van der Waals surface area contributed by atoms with Gasteiger partial charge in [-0.1, -0.05) is 17.7 Å². The first-order valence-corrected chi connectivity index (χ1v) is 8.87. The fourth-order valence-electron chi connectivity index (χ4n) is 2.42. The predicted octanol–water partition coefficient (Wildman–Crippen LogP) is 3.83. The normalized spacial score (nSPS) is 13.5. The van der Waals surface area contributed by atoms with Gasteiger partial charge in [0.25, 0.3) is 0 Å². The van der Waals surface area contributed by atoms with Gasteiger partial charge in [0.1, 0.15) is 22.9 Å². The van der Waals surface area contributed by atoms with Crippen molar-refractivity contribution in [3.8, 4) is 5.75 Å². The molecule has 27 heavy (non-hydrogen) atoms. The molecule has 0 amide bonds. The molecule has 8 heteroatoms. The number of aliphatic imine (C=N–C) groups is 1. The lowest BCUT2D eigenvalue weighted by Crippen LogP contribution is -2.44. The van der Waals surface area contributed by atoms with Gasteiger partial charge in [-0.2, -0.15) is 0 Å². The molecule has 0 spiro atoms. The second-order valence-electron chi connectivity index (χ2n) is 6.19. The molecule has 6 nitrogen and oxygen atoms in total. The lowest BCUT2D eigenvalue weighted by molar-refractivity contribution is 0.0378. The SMILES string of the molecule is CCNC(=NCc1ccc(Cl)cc1OC)NCC(C)(O)c1ccc(C)o1.I. The molecule has 0 aliphatic heterocycles. The molecule has 2 aromatic rings. The van der Waals surface area contributed by atoms with E-state index in [1.807, 2.05) is 26.0 Å². The molecule has 0 bridgehead atoms. The predicted molar refractivity (Wildman–Crippen MR) is 119 cm³/mol. The van der Waals surface area contributed by atoms with Crippen molar-refractivity contribution in [2.75, 3.05) is 20.2 Å². The van der Waals surface area contributed by atoms with E-state index in [9.17, 15) is 5.11 Å². The quantitative estimate of drug-likeness (QED) is 0.302. The lowest BCUT2D eigenvalue weighted by Gasteiger charge is -2.23. The second-order valence-corrected chi connectivity index (χ2v) is 6.63. The summed E-state index contributed by atoms with van der Waals surface area (Å²) >= 11 is 5.99. The van der Waals surface area contributed by atoms with Gasteiger partial charge in [0.15, 0.2) is 5.96 Å². The Morgan fingerprint density at radius 1 is 1.30 bits per heavy atom. The van der Waals surface area contributed by atoms with Gasteiger partial charge >= 0.3 is 0 Å². The summed E-state index contributed by atoms with van der Waals surface area (Å²) in [5.41, 5.74) is -0.231. The van der Waals surface area contributed by atoms with E-state index in [0.717, 1.165) is 11.3 Å². The van der Waals surface area contributed by atoms with Crippen LogP contribution >= 0.6 is 35.6 Å². The summed E-state index contributed by atoms with van der Waals surface area (Å²) in [6.45, 7) is 6.89. The van der Waals surface area contributed by atoms with Gasteiger partial charge in [0.2, 0.25) is 0 Å². The van der Waals surface area contributed by atoms with Crippen molar-refractivity contribution in [2.45, 2.75) is 32.9 Å². The van der Waals surface area contributed by atoms with E-state index in [4.69, 9.17) is 20.8 Å². The van der Waals surface area contributed by atoms with Crippen molar-refractivity contribution in [1.82, 2.24) is 10.6 Å². The number of hydrogen-bond acceptors (Lipinski definition) is 4. The zero-order chi connectivity index (χ0) is 19.2. The van der Waals surface area contributed by atoms with Crippen LogP contribution in [0.5, 0.6) is 5.75 Å². The largest absolute Gasteiger partial charge is 0.496 e. The van der Waals surface area contributed by atoms with Crippen molar-refractivity contribution in [1.29, 1.82) is 0 Å². The maximum absolute atomic E-state index is 10.6. The summed E-state index contributed by atoms with van der Waals surface area (Å²) in [5.74, 6) is 2.55. The van der Waals surface area contributed by atoms with Crippen LogP contribution in [0, 0.1) is 6.92 Å². The second kappa shape index (κ2) is 10.8. The highest BCUT2D eigenvalue weighted by molar-refractivity contribution is 14.0. The summed E-state index contributed by atoms with van der Waals surface area (Å²) < 4.78 is 10.9. The third-order valence-electron chi connectivity index (χ3n) is 3.87. The highest BCUT2D eigenvalue weighted by Gasteiger charge is 2.27. The summed E-state index contributed by atoms with van der Waals surface area (Å²) in [7, 11) is 1.60. The number of aryl methyl sites for hydroxylation is 1. The van der Waals surface area contributed by atoms with Crippen LogP contribution in [0.25, 0.3) is 0 Å². The third-order valence-corrected chi connectivity index (χ3v) is 4.11. The summed E-state index contributed by atoms with van der Waals surface area (Å²) in [6, 6.07) is 9.06. The van der Waals surface area contributed by atoms with Crippen molar-refractivity contribution in [2.24, 2.45) is 4.99 Å². The van der Waals surface area contributed by atoms with Crippen LogP contribution in [0.3, 0.4) is 0 Å². The Balaban J connectivity index is 0.00000364. The van der Waals surface area contributed by atoms with Crippen LogP contribution in [-0.2, 0) is 12.1 Å². The smallest absolute Gasteiger partial charge is 0.191 e. The Bertz CT molecular complexity index is 762.